The van der Waals surface area contributed by atoms with Crippen LogP contribution in [0.15, 0.2) is 36.5 Å². The molecule has 5 nitrogen and oxygen atoms in total. The summed E-state index contributed by atoms with van der Waals surface area (Å²) >= 11 is 0. The predicted octanol–water partition coefficient (Wildman–Crippen LogP) is 14.9. The van der Waals surface area contributed by atoms with Crippen molar-refractivity contribution in [1.29, 1.82) is 0 Å². The van der Waals surface area contributed by atoms with Crippen LogP contribution in [0.2, 0.25) is 0 Å². The van der Waals surface area contributed by atoms with Crippen molar-refractivity contribution in [3.63, 3.8) is 0 Å². The molecule has 0 spiro atoms. The number of piperazine rings is 1. The smallest absolute Gasteiger partial charge is 0.129 e. The number of anilines is 1. The number of rotatable bonds is 4. The van der Waals surface area contributed by atoms with E-state index in [2.05, 4.69) is 118 Å². The average Bonchev–Trinajstić information content (AvgIpc) is 3.26. The zero-order valence-corrected chi connectivity index (χ0v) is 43.1. The Labute approximate surface area is 372 Å². The van der Waals surface area contributed by atoms with Crippen molar-refractivity contribution in [2.75, 3.05) is 57.3 Å². The number of nitrogens with zero attached hydrogens (tertiary/aromatic N) is 5. The highest BCUT2D eigenvalue weighted by atomic mass is 19.1. The third kappa shape index (κ3) is 21.0. The Balaban J connectivity index is 0. The van der Waals surface area contributed by atoms with Gasteiger partial charge in [0.05, 0.1) is 11.2 Å². The van der Waals surface area contributed by atoms with Gasteiger partial charge < -0.3 is 9.80 Å². The number of halogens is 2. The monoisotopic (exact) mass is 842 g/mol. The Kier molecular flexibility index (Phi) is 32.7. The molecular weight excluding hydrogens is 745 g/mol. The highest BCUT2D eigenvalue weighted by molar-refractivity contribution is 5.93. The average molecular weight is 842 g/mol. The summed E-state index contributed by atoms with van der Waals surface area (Å²) in [5, 5.41) is 1.33. The van der Waals surface area contributed by atoms with E-state index in [4.69, 9.17) is 0 Å². The lowest BCUT2D eigenvalue weighted by molar-refractivity contribution is 0.0359. The van der Waals surface area contributed by atoms with E-state index in [1.165, 1.54) is 119 Å². The minimum atomic E-state index is -0.475. The van der Waals surface area contributed by atoms with Gasteiger partial charge in [-0.05, 0) is 121 Å². The second kappa shape index (κ2) is 33.0. The highest BCUT2D eigenvalue weighted by Crippen LogP contribution is 2.33. The highest BCUT2D eigenvalue weighted by Gasteiger charge is 2.32. The lowest BCUT2D eigenvalue weighted by Crippen LogP contribution is -2.56. The maximum atomic E-state index is 12.6. The van der Waals surface area contributed by atoms with Crippen LogP contribution in [0.5, 0.6) is 0 Å². The molecule has 6 rings (SSSR count). The second-order valence-electron chi connectivity index (χ2n) is 16.9. The zero-order chi connectivity index (χ0) is 46.6. The Bertz CT molecular complexity index is 1460. The van der Waals surface area contributed by atoms with Crippen molar-refractivity contribution in [1.82, 2.24) is 19.7 Å². The molecule has 1 aromatic heterocycles. The zero-order valence-electron chi connectivity index (χ0n) is 43.1. The Morgan fingerprint density at radius 2 is 1.05 bits per heavy atom. The molecule has 60 heavy (non-hydrogen) atoms. The molecule has 0 atom stereocenters. The van der Waals surface area contributed by atoms with E-state index in [0.717, 1.165) is 30.7 Å². The first-order valence-corrected chi connectivity index (χ1v) is 24.3. The normalized spacial score (nSPS) is 16.3. The van der Waals surface area contributed by atoms with Gasteiger partial charge in [0.15, 0.2) is 0 Å². The third-order valence-corrected chi connectivity index (χ3v) is 11.1. The second-order valence-corrected chi connectivity index (χ2v) is 16.9. The topological polar surface area (TPSA) is 25.9 Å². The van der Waals surface area contributed by atoms with Crippen molar-refractivity contribution in [3.8, 4) is 0 Å². The number of benzene rings is 2. The van der Waals surface area contributed by atoms with Crippen LogP contribution in [-0.2, 0) is 0 Å². The minimum absolute atomic E-state index is 0.0885. The standard InChI is InChI=1S/C28H43N5.C8H8F2.C6H14.C3H8.4C2H6/c1-21(2)30-15-17-32(18-16-30)25-7-11-31(12-8-25)24-9-13-33(14-10-24)28-23(4)20-29-27-6-5-22(3)19-26(27)28;1-5-3-7(9)6(2)8(10)4-5;1-5-6(2,3)4;1-3-2;4*1-2/h5-6,19-21,24-25H,7-18H2,1-4H3;3-4H,1-2H3;5H2,1-4H3;3H2,1-2H3;4*1-2H3. The van der Waals surface area contributed by atoms with Crippen LogP contribution in [-0.4, -0.2) is 90.2 Å². The third-order valence-electron chi connectivity index (χ3n) is 11.1. The van der Waals surface area contributed by atoms with Crippen LogP contribution in [0.25, 0.3) is 10.9 Å². The van der Waals surface area contributed by atoms with Gasteiger partial charge in [-0.15, -0.1) is 0 Å². The largest absolute Gasteiger partial charge is 0.371 e. The summed E-state index contributed by atoms with van der Waals surface area (Å²) in [5.41, 5.74) is 6.41. The van der Waals surface area contributed by atoms with Crippen molar-refractivity contribution in [2.24, 2.45) is 5.41 Å². The van der Waals surface area contributed by atoms with Crippen LogP contribution >= 0.6 is 0 Å². The fourth-order valence-corrected chi connectivity index (χ4v) is 7.27. The molecule has 0 bridgehead atoms. The van der Waals surface area contributed by atoms with E-state index in [-0.39, 0.29) is 5.56 Å². The van der Waals surface area contributed by atoms with Gasteiger partial charge in [-0.1, -0.05) is 121 Å². The van der Waals surface area contributed by atoms with Crippen LogP contribution in [0.1, 0.15) is 172 Å². The van der Waals surface area contributed by atoms with Crippen molar-refractivity contribution < 1.29 is 8.78 Å². The number of aryl methyl sites for hydroxylation is 3. The number of likely N-dealkylation sites (tertiary alicyclic amines) is 1. The lowest BCUT2D eigenvalue weighted by Gasteiger charge is -2.46. The van der Waals surface area contributed by atoms with E-state index in [1.54, 1.807) is 6.92 Å². The molecular formula is C53H97F2N5. The quantitative estimate of drug-likeness (QED) is 0.261. The fraction of sp³-hybridized carbons (Fsp3) is 0.717. The van der Waals surface area contributed by atoms with Gasteiger partial charge in [0.1, 0.15) is 11.6 Å². The molecule has 0 radical (unpaired) electrons. The van der Waals surface area contributed by atoms with Crippen LogP contribution in [0.4, 0.5) is 14.5 Å². The summed E-state index contributed by atoms with van der Waals surface area (Å²) in [6, 6.07) is 11.6. The molecule has 3 aliphatic rings. The first-order chi connectivity index (χ1) is 28.6. The predicted molar refractivity (Wildman–Crippen MR) is 266 cm³/mol. The molecule has 3 aliphatic heterocycles. The number of hydrogen-bond donors (Lipinski definition) is 0. The van der Waals surface area contributed by atoms with E-state index < -0.39 is 11.6 Å². The van der Waals surface area contributed by atoms with Gasteiger partial charge in [-0.25, -0.2) is 8.78 Å². The number of piperidine rings is 2. The molecule has 0 N–H and O–H groups in total. The van der Waals surface area contributed by atoms with E-state index in [9.17, 15) is 8.78 Å². The molecule has 0 unspecified atom stereocenters. The van der Waals surface area contributed by atoms with Crippen molar-refractivity contribution in [3.05, 3.63) is 70.4 Å². The van der Waals surface area contributed by atoms with E-state index in [1.807, 2.05) is 55.4 Å². The van der Waals surface area contributed by atoms with Crippen molar-refractivity contribution >= 4 is 16.6 Å². The first kappa shape index (κ1) is 59.5. The van der Waals surface area contributed by atoms with Crippen LogP contribution < -0.4 is 4.90 Å². The van der Waals surface area contributed by atoms with Crippen LogP contribution in [0.3, 0.4) is 0 Å². The molecule has 2 aromatic carbocycles. The summed E-state index contributed by atoms with van der Waals surface area (Å²) < 4.78 is 25.2. The van der Waals surface area contributed by atoms with Crippen LogP contribution in [0, 0.1) is 44.7 Å². The Morgan fingerprint density at radius 3 is 1.47 bits per heavy atom. The van der Waals surface area contributed by atoms with E-state index >= 15 is 0 Å². The van der Waals surface area contributed by atoms with Gasteiger partial charge in [-0.3, -0.25) is 14.8 Å². The number of aromatic nitrogens is 1. The summed E-state index contributed by atoms with van der Waals surface area (Å²) in [7, 11) is 0. The molecule has 0 amide bonds. The SMILES string of the molecule is CC.CC.CC.CC.CCC.CCC(C)(C)C.Cc1cc(F)c(C)c(F)c1.Cc1ccc2ncc(C)c(N3CCC(N4CCC(N5CCN(C(C)C)CC5)CC4)CC3)c2c1. The molecule has 348 valence electrons. The number of pyridine rings is 1. The van der Waals surface area contributed by atoms with Crippen molar-refractivity contribution in [2.45, 2.75) is 195 Å². The molecule has 3 aromatic rings. The molecule has 4 heterocycles. The maximum absolute atomic E-state index is 12.6. The lowest BCUT2D eigenvalue weighted by atomic mass is 9.94. The molecule has 0 saturated carbocycles. The summed E-state index contributed by atoms with van der Waals surface area (Å²) in [5.74, 6) is -0.949. The van der Waals surface area contributed by atoms with Gasteiger partial charge >= 0.3 is 0 Å². The fourth-order valence-electron chi connectivity index (χ4n) is 7.27. The van der Waals surface area contributed by atoms with Gasteiger partial charge in [0.2, 0.25) is 0 Å². The molecule has 7 heteroatoms. The number of hydrogen-bond acceptors (Lipinski definition) is 5. The summed E-state index contributed by atoms with van der Waals surface area (Å²) in [6.45, 7) is 51.3. The summed E-state index contributed by atoms with van der Waals surface area (Å²) in [6.07, 6.45) is 9.86. The molecule has 0 aliphatic carbocycles. The Morgan fingerprint density at radius 1 is 0.633 bits per heavy atom. The maximum Gasteiger partial charge on any atom is 0.129 e. The first-order valence-electron chi connectivity index (χ1n) is 24.3. The van der Waals surface area contributed by atoms with Gasteiger partial charge in [0.25, 0.3) is 0 Å². The molecule has 3 saturated heterocycles. The number of fused-ring (bicyclic) bond motifs is 1. The Hall–Kier alpha value is -2.61. The van der Waals surface area contributed by atoms with Gasteiger partial charge in [-0.2, -0.15) is 0 Å². The van der Waals surface area contributed by atoms with Gasteiger partial charge in [0, 0.05) is 74.5 Å². The van der Waals surface area contributed by atoms with E-state index in [0.29, 0.717) is 17.0 Å². The molecule has 3 fully saturated rings. The summed E-state index contributed by atoms with van der Waals surface area (Å²) in [4.78, 5) is 15.6. The minimum Gasteiger partial charge on any atom is -0.371 e.